The Morgan fingerprint density at radius 3 is 2.68 bits per heavy atom. The zero-order valence-corrected chi connectivity index (χ0v) is 25.4. The summed E-state index contributed by atoms with van der Waals surface area (Å²) in [4.78, 5) is 43.8. The van der Waals surface area contributed by atoms with Gasteiger partial charge in [-0.1, -0.05) is 18.2 Å². The summed E-state index contributed by atoms with van der Waals surface area (Å²) in [6.45, 7) is 4.81. The number of aliphatic hydroxyl groups excluding tert-OH is 1. The van der Waals surface area contributed by atoms with E-state index >= 15 is 0 Å². The van der Waals surface area contributed by atoms with E-state index in [9.17, 15) is 19.5 Å². The molecule has 0 aliphatic carbocycles. The molecule has 0 unspecified atom stereocenters. The third kappa shape index (κ3) is 7.20. The van der Waals surface area contributed by atoms with E-state index in [4.69, 9.17) is 14.2 Å². The number of ether oxygens (including phenoxy) is 3. The Hall–Kier alpha value is -4.41. The van der Waals surface area contributed by atoms with Gasteiger partial charge < -0.3 is 34.4 Å². The zero-order valence-electron chi connectivity index (χ0n) is 25.4. The second-order valence-electron chi connectivity index (χ2n) is 11.3. The highest BCUT2D eigenvalue weighted by Crippen LogP contribution is 2.33. The van der Waals surface area contributed by atoms with E-state index in [-0.39, 0.29) is 56.7 Å². The lowest BCUT2D eigenvalue weighted by Crippen LogP contribution is -2.58. The SMILES string of the molecule is COc1ccc2cc1Oc1cccc(c1)CO[C@H]1CCN(C(=O)c3ccc(C)c(C)c3)C[C@@H]1NC(=O)CN(CCCO)C2=O. The van der Waals surface area contributed by atoms with Crippen molar-refractivity contribution in [1.29, 1.82) is 0 Å². The monoisotopic (exact) mass is 601 g/mol. The van der Waals surface area contributed by atoms with Crippen LogP contribution in [0.4, 0.5) is 0 Å². The molecule has 0 spiro atoms. The van der Waals surface area contributed by atoms with Crippen LogP contribution in [-0.2, 0) is 16.1 Å². The molecule has 3 amide bonds. The lowest BCUT2D eigenvalue weighted by Gasteiger charge is -2.39. The minimum atomic E-state index is -0.499. The summed E-state index contributed by atoms with van der Waals surface area (Å²) in [5, 5.41) is 12.5. The van der Waals surface area contributed by atoms with E-state index in [1.807, 2.05) is 56.3 Å². The second-order valence-corrected chi connectivity index (χ2v) is 11.3. The van der Waals surface area contributed by atoms with Crippen LogP contribution in [0, 0.1) is 13.8 Å². The van der Waals surface area contributed by atoms with Gasteiger partial charge in [-0.05, 0) is 85.8 Å². The molecule has 10 heteroatoms. The Morgan fingerprint density at radius 1 is 1.07 bits per heavy atom. The number of carbonyl (C=O) groups is 3. The third-order valence-corrected chi connectivity index (χ3v) is 8.15. The molecule has 3 aromatic carbocycles. The molecule has 2 heterocycles. The van der Waals surface area contributed by atoms with Crippen LogP contribution >= 0.6 is 0 Å². The van der Waals surface area contributed by atoms with Crippen molar-refractivity contribution in [3.63, 3.8) is 0 Å². The first-order chi connectivity index (χ1) is 21.2. The third-order valence-electron chi connectivity index (χ3n) is 8.15. The summed E-state index contributed by atoms with van der Waals surface area (Å²) >= 11 is 0. The van der Waals surface area contributed by atoms with Crippen molar-refractivity contribution in [1.82, 2.24) is 15.1 Å². The van der Waals surface area contributed by atoms with E-state index in [1.165, 1.54) is 12.0 Å². The number of amides is 3. The molecular formula is C34H39N3O7. The molecule has 2 aliphatic heterocycles. The van der Waals surface area contributed by atoms with E-state index in [1.54, 1.807) is 23.1 Å². The first-order valence-corrected chi connectivity index (χ1v) is 14.9. The topological polar surface area (TPSA) is 118 Å². The highest BCUT2D eigenvalue weighted by Gasteiger charge is 2.34. The molecule has 0 saturated carbocycles. The number of likely N-dealkylation sites (tertiary alicyclic amines) is 1. The normalized spacial score (nSPS) is 19.1. The summed E-state index contributed by atoms with van der Waals surface area (Å²) in [7, 11) is 1.52. The summed E-state index contributed by atoms with van der Waals surface area (Å²) in [6.07, 6.45) is 0.459. The van der Waals surface area contributed by atoms with Crippen molar-refractivity contribution in [3.8, 4) is 17.2 Å². The fraction of sp³-hybridized carbons (Fsp3) is 0.382. The molecule has 2 N–H and O–H groups in total. The van der Waals surface area contributed by atoms with Crippen LogP contribution in [0.3, 0.4) is 0 Å². The Morgan fingerprint density at radius 2 is 1.91 bits per heavy atom. The summed E-state index contributed by atoms with van der Waals surface area (Å²) in [5.74, 6) is 0.494. The number of nitrogens with one attached hydrogen (secondary N) is 1. The second kappa shape index (κ2) is 13.9. The molecule has 2 atom stereocenters. The first-order valence-electron chi connectivity index (χ1n) is 14.9. The van der Waals surface area contributed by atoms with E-state index in [0.29, 0.717) is 47.8 Å². The Balaban J connectivity index is 1.45. The van der Waals surface area contributed by atoms with Gasteiger partial charge in [0.05, 0.1) is 32.4 Å². The molecule has 232 valence electrons. The van der Waals surface area contributed by atoms with Crippen LogP contribution in [0.5, 0.6) is 17.2 Å². The number of aryl methyl sites for hydroxylation is 2. The molecule has 3 aromatic rings. The van der Waals surface area contributed by atoms with Crippen LogP contribution < -0.4 is 14.8 Å². The minimum Gasteiger partial charge on any atom is -0.493 e. The highest BCUT2D eigenvalue weighted by atomic mass is 16.5. The summed E-state index contributed by atoms with van der Waals surface area (Å²) < 4.78 is 18.0. The quantitative estimate of drug-likeness (QED) is 0.456. The Labute approximate surface area is 257 Å². The Bertz CT molecular complexity index is 1520. The summed E-state index contributed by atoms with van der Waals surface area (Å²) in [5.41, 5.74) is 3.94. The van der Waals surface area contributed by atoms with Crippen molar-refractivity contribution < 1.29 is 33.7 Å². The van der Waals surface area contributed by atoms with Crippen LogP contribution in [0.1, 0.15) is 50.2 Å². The maximum Gasteiger partial charge on any atom is 0.254 e. The average Bonchev–Trinajstić information content (AvgIpc) is 3.02. The van der Waals surface area contributed by atoms with Gasteiger partial charge in [0.2, 0.25) is 5.91 Å². The average molecular weight is 602 g/mol. The van der Waals surface area contributed by atoms with Crippen molar-refractivity contribution >= 4 is 17.7 Å². The van der Waals surface area contributed by atoms with Gasteiger partial charge in [0.15, 0.2) is 11.5 Å². The minimum absolute atomic E-state index is 0.104. The number of methoxy groups -OCH3 is 1. The molecule has 10 nitrogen and oxygen atoms in total. The van der Waals surface area contributed by atoms with Gasteiger partial charge in [-0.15, -0.1) is 0 Å². The van der Waals surface area contributed by atoms with Crippen LogP contribution in [0.15, 0.2) is 60.7 Å². The van der Waals surface area contributed by atoms with Gasteiger partial charge in [0, 0.05) is 37.4 Å². The molecule has 0 radical (unpaired) electrons. The smallest absolute Gasteiger partial charge is 0.254 e. The standard InChI is InChI=1S/C34H39N3O7/c1-22-8-9-25(16-23(22)2)33(40)37-14-12-29-28(19-37)35-32(39)20-36(13-5-15-38)34(41)26-10-11-30(42-3)31(18-26)44-27-7-4-6-24(17-27)21-43-29/h4,6-11,16-18,28-29,38H,5,12-15,19-21H2,1-3H3,(H,35,39)/t28-,29-/m0/s1. The molecule has 44 heavy (non-hydrogen) atoms. The lowest BCUT2D eigenvalue weighted by atomic mass is 9.99. The van der Waals surface area contributed by atoms with Gasteiger partial charge in [0.1, 0.15) is 5.75 Å². The first kappa shape index (κ1) is 31.0. The largest absolute Gasteiger partial charge is 0.493 e. The van der Waals surface area contributed by atoms with Crippen molar-refractivity contribution in [3.05, 3.63) is 88.5 Å². The summed E-state index contributed by atoms with van der Waals surface area (Å²) in [6, 6.07) is 17.5. The van der Waals surface area contributed by atoms with Gasteiger partial charge in [-0.2, -0.15) is 0 Å². The highest BCUT2D eigenvalue weighted by molar-refractivity contribution is 5.97. The number of fused-ring (bicyclic) bond motifs is 5. The molecular weight excluding hydrogens is 562 g/mol. The fourth-order valence-electron chi connectivity index (χ4n) is 5.55. The maximum absolute atomic E-state index is 13.7. The number of rotatable bonds is 5. The fourth-order valence-corrected chi connectivity index (χ4v) is 5.55. The molecule has 4 bridgehead atoms. The number of carbonyl (C=O) groups excluding carboxylic acids is 3. The number of hydrogen-bond donors (Lipinski definition) is 2. The molecule has 1 saturated heterocycles. The van der Waals surface area contributed by atoms with Crippen molar-refractivity contribution in [2.45, 2.75) is 45.4 Å². The number of hydrogen-bond acceptors (Lipinski definition) is 7. The number of aliphatic hydroxyl groups is 1. The molecule has 5 rings (SSSR count). The van der Waals surface area contributed by atoms with Gasteiger partial charge in [0.25, 0.3) is 11.8 Å². The predicted molar refractivity (Wildman–Crippen MR) is 164 cm³/mol. The van der Waals surface area contributed by atoms with E-state index in [2.05, 4.69) is 5.32 Å². The zero-order chi connectivity index (χ0) is 31.2. The molecule has 0 aromatic heterocycles. The predicted octanol–water partition coefficient (Wildman–Crippen LogP) is 3.86. The molecule has 2 aliphatic rings. The van der Waals surface area contributed by atoms with E-state index < -0.39 is 6.04 Å². The maximum atomic E-state index is 13.7. The van der Waals surface area contributed by atoms with Crippen LogP contribution in [0.25, 0.3) is 0 Å². The van der Waals surface area contributed by atoms with Crippen molar-refractivity contribution in [2.24, 2.45) is 0 Å². The lowest BCUT2D eigenvalue weighted by molar-refractivity contribution is -0.125. The van der Waals surface area contributed by atoms with Crippen LogP contribution in [0.2, 0.25) is 0 Å². The van der Waals surface area contributed by atoms with Crippen LogP contribution in [-0.4, -0.2) is 84.7 Å². The Kier molecular flexibility index (Phi) is 9.82. The van der Waals surface area contributed by atoms with Gasteiger partial charge >= 0.3 is 0 Å². The number of nitrogens with zero attached hydrogens (tertiary/aromatic N) is 2. The number of piperidine rings is 1. The van der Waals surface area contributed by atoms with Gasteiger partial charge in [-0.3, -0.25) is 14.4 Å². The van der Waals surface area contributed by atoms with Gasteiger partial charge in [-0.25, -0.2) is 0 Å². The van der Waals surface area contributed by atoms with Crippen molar-refractivity contribution in [2.75, 3.05) is 39.9 Å². The van der Waals surface area contributed by atoms with E-state index in [0.717, 1.165) is 16.7 Å². The molecule has 1 fully saturated rings. The number of benzene rings is 3.